The minimum Gasteiger partial charge on any atom is -0.312 e. The van der Waals surface area contributed by atoms with E-state index in [1.54, 1.807) is 0 Å². The molecular formula is C16H19ClN2OS. The summed E-state index contributed by atoms with van der Waals surface area (Å²) in [5, 5.41) is 0.724. The number of halogens is 1. The molecule has 0 N–H and O–H groups in total. The number of aromatic nitrogens is 1. The predicted octanol–water partition coefficient (Wildman–Crippen LogP) is 4.47. The lowest BCUT2D eigenvalue weighted by atomic mass is 10.2. The lowest BCUT2D eigenvalue weighted by Crippen LogP contribution is -2.16. The highest BCUT2D eigenvalue weighted by Gasteiger charge is 2.11. The third kappa shape index (κ3) is 3.44. The first kappa shape index (κ1) is 16.0. The molecule has 0 radical (unpaired) electrons. The fourth-order valence-electron chi connectivity index (χ4n) is 2.19. The van der Waals surface area contributed by atoms with Crippen LogP contribution in [0.2, 0.25) is 5.02 Å². The number of unbranched alkanes of at least 4 members (excludes halogenated alkanes) is 1. The molecule has 1 amide bonds. The van der Waals surface area contributed by atoms with Crippen LogP contribution < -0.4 is 4.80 Å². The Kier molecular flexibility index (Phi) is 5.37. The van der Waals surface area contributed by atoms with Crippen molar-refractivity contribution in [1.82, 2.24) is 4.57 Å². The first-order valence-corrected chi connectivity index (χ1v) is 8.24. The van der Waals surface area contributed by atoms with Gasteiger partial charge in [-0.05, 0) is 31.0 Å². The smallest absolute Gasteiger partial charge is 0.248 e. The zero-order valence-corrected chi connectivity index (χ0v) is 13.9. The molecule has 0 saturated heterocycles. The molecule has 0 saturated carbocycles. The second-order valence-electron chi connectivity index (χ2n) is 4.91. The predicted molar refractivity (Wildman–Crippen MR) is 89.9 cm³/mol. The Morgan fingerprint density at radius 1 is 1.52 bits per heavy atom. The van der Waals surface area contributed by atoms with Crippen LogP contribution in [0.4, 0.5) is 0 Å². The summed E-state index contributed by atoms with van der Waals surface area (Å²) in [6.45, 7) is 8.45. The van der Waals surface area contributed by atoms with Gasteiger partial charge in [-0.3, -0.25) is 4.79 Å². The fourth-order valence-corrected chi connectivity index (χ4v) is 3.46. The van der Waals surface area contributed by atoms with Gasteiger partial charge in [-0.1, -0.05) is 42.4 Å². The zero-order chi connectivity index (χ0) is 15.4. The summed E-state index contributed by atoms with van der Waals surface area (Å²) < 4.78 is 3.10. The van der Waals surface area contributed by atoms with E-state index in [4.69, 9.17) is 11.6 Å². The number of fused-ring (bicyclic) bond motifs is 1. The van der Waals surface area contributed by atoms with Gasteiger partial charge in [-0.2, -0.15) is 4.99 Å². The van der Waals surface area contributed by atoms with E-state index in [-0.39, 0.29) is 5.91 Å². The van der Waals surface area contributed by atoms with Crippen LogP contribution in [0, 0.1) is 6.92 Å². The van der Waals surface area contributed by atoms with Crippen LogP contribution in [-0.2, 0) is 11.3 Å². The van der Waals surface area contributed by atoms with Crippen molar-refractivity contribution in [2.45, 2.75) is 39.7 Å². The lowest BCUT2D eigenvalue weighted by molar-refractivity contribution is -0.118. The molecule has 5 heteroatoms. The Bertz CT molecular complexity index is 743. The molecule has 112 valence electrons. The number of hydrogen-bond acceptors (Lipinski definition) is 2. The maximum Gasteiger partial charge on any atom is 0.248 e. The third-order valence-corrected chi connectivity index (χ3v) is 4.76. The van der Waals surface area contributed by atoms with E-state index < -0.39 is 0 Å². The van der Waals surface area contributed by atoms with Gasteiger partial charge in [0.25, 0.3) is 0 Å². The van der Waals surface area contributed by atoms with E-state index in [2.05, 4.69) is 18.5 Å². The van der Waals surface area contributed by atoms with Gasteiger partial charge in [0.05, 0.1) is 10.2 Å². The van der Waals surface area contributed by atoms with E-state index in [0.29, 0.717) is 13.0 Å². The van der Waals surface area contributed by atoms with Gasteiger partial charge >= 0.3 is 0 Å². The minimum atomic E-state index is -0.0648. The van der Waals surface area contributed by atoms with E-state index in [1.807, 2.05) is 29.7 Å². The van der Waals surface area contributed by atoms with Gasteiger partial charge < -0.3 is 4.57 Å². The molecule has 0 atom stereocenters. The number of aryl methyl sites for hydroxylation is 1. The van der Waals surface area contributed by atoms with Crippen LogP contribution in [0.15, 0.2) is 29.8 Å². The van der Waals surface area contributed by atoms with E-state index >= 15 is 0 Å². The average Bonchev–Trinajstić information content (AvgIpc) is 2.80. The molecule has 2 aromatic rings. The van der Waals surface area contributed by atoms with Crippen molar-refractivity contribution in [2.24, 2.45) is 4.99 Å². The first-order valence-electron chi connectivity index (χ1n) is 7.05. The Morgan fingerprint density at radius 2 is 2.29 bits per heavy atom. The SMILES string of the molecule is C=CCn1c(=NC(=O)CCCC)sc2ccc(Cl)c(C)c21. The molecule has 0 aliphatic carbocycles. The molecule has 1 aromatic heterocycles. The molecule has 2 rings (SSSR count). The highest BCUT2D eigenvalue weighted by Crippen LogP contribution is 2.27. The fraction of sp³-hybridized carbons (Fsp3) is 0.375. The Morgan fingerprint density at radius 3 is 2.95 bits per heavy atom. The highest BCUT2D eigenvalue weighted by atomic mass is 35.5. The first-order chi connectivity index (χ1) is 10.1. The average molecular weight is 323 g/mol. The van der Waals surface area contributed by atoms with Crippen molar-refractivity contribution in [2.75, 3.05) is 0 Å². The summed E-state index contributed by atoms with van der Waals surface area (Å²) in [5.74, 6) is -0.0648. The van der Waals surface area contributed by atoms with E-state index in [9.17, 15) is 4.79 Å². The van der Waals surface area contributed by atoms with Crippen LogP contribution >= 0.6 is 22.9 Å². The standard InChI is InChI=1S/C16H19ClN2OS/c1-4-6-7-14(20)18-16-19(10-5-2)15-11(3)12(17)8-9-13(15)21-16/h5,8-9H,2,4,6-7,10H2,1,3H3. The lowest BCUT2D eigenvalue weighted by Gasteiger charge is -2.05. The van der Waals surface area contributed by atoms with E-state index in [1.165, 1.54) is 11.3 Å². The van der Waals surface area contributed by atoms with Gasteiger partial charge in [0.15, 0.2) is 4.80 Å². The summed E-state index contributed by atoms with van der Waals surface area (Å²) in [6, 6.07) is 3.86. The molecule has 0 spiro atoms. The number of rotatable bonds is 5. The second-order valence-corrected chi connectivity index (χ2v) is 6.33. The normalized spacial score (nSPS) is 12.0. The van der Waals surface area contributed by atoms with Crippen LogP contribution in [0.25, 0.3) is 10.2 Å². The number of carbonyl (C=O) groups is 1. The molecule has 3 nitrogen and oxygen atoms in total. The molecule has 21 heavy (non-hydrogen) atoms. The molecule has 0 unspecified atom stereocenters. The highest BCUT2D eigenvalue weighted by molar-refractivity contribution is 7.16. The number of nitrogens with zero attached hydrogens (tertiary/aromatic N) is 2. The number of amides is 1. The van der Waals surface area contributed by atoms with Crippen molar-refractivity contribution in [3.05, 3.63) is 40.2 Å². The van der Waals surface area contributed by atoms with Gasteiger partial charge in [0, 0.05) is 18.0 Å². The van der Waals surface area contributed by atoms with Gasteiger partial charge in [0.1, 0.15) is 0 Å². The van der Waals surface area contributed by atoms with Crippen molar-refractivity contribution in [1.29, 1.82) is 0 Å². The summed E-state index contributed by atoms with van der Waals surface area (Å²) in [6.07, 6.45) is 4.18. The summed E-state index contributed by atoms with van der Waals surface area (Å²) in [7, 11) is 0. The number of thiazole rings is 1. The van der Waals surface area contributed by atoms with Crippen molar-refractivity contribution < 1.29 is 4.79 Å². The Balaban J connectivity index is 2.60. The largest absolute Gasteiger partial charge is 0.312 e. The monoisotopic (exact) mass is 322 g/mol. The van der Waals surface area contributed by atoms with Crippen LogP contribution in [0.3, 0.4) is 0 Å². The number of allylic oxidation sites excluding steroid dienone is 1. The molecule has 0 aliphatic rings. The topological polar surface area (TPSA) is 34.4 Å². The Hall–Kier alpha value is -1.39. The maximum atomic E-state index is 11.9. The van der Waals surface area contributed by atoms with Crippen molar-refractivity contribution in [3.63, 3.8) is 0 Å². The molecule has 1 heterocycles. The summed E-state index contributed by atoms with van der Waals surface area (Å²) in [4.78, 5) is 16.9. The van der Waals surface area contributed by atoms with E-state index in [0.717, 1.165) is 38.4 Å². The summed E-state index contributed by atoms with van der Waals surface area (Å²) in [5.41, 5.74) is 2.05. The van der Waals surface area contributed by atoms with Crippen molar-refractivity contribution >= 4 is 39.1 Å². The van der Waals surface area contributed by atoms with Gasteiger partial charge in [-0.15, -0.1) is 6.58 Å². The number of benzene rings is 1. The van der Waals surface area contributed by atoms with Gasteiger partial charge in [-0.25, -0.2) is 0 Å². The molecule has 0 bridgehead atoms. The number of carbonyl (C=O) groups excluding carboxylic acids is 1. The Labute approximate surface area is 133 Å². The molecular weight excluding hydrogens is 304 g/mol. The van der Waals surface area contributed by atoms with Crippen LogP contribution in [-0.4, -0.2) is 10.5 Å². The zero-order valence-electron chi connectivity index (χ0n) is 12.4. The maximum absolute atomic E-state index is 11.9. The number of hydrogen-bond donors (Lipinski definition) is 0. The van der Waals surface area contributed by atoms with Gasteiger partial charge in [0.2, 0.25) is 5.91 Å². The summed E-state index contributed by atoms with van der Waals surface area (Å²) >= 11 is 7.73. The quantitative estimate of drug-likeness (QED) is 0.748. The molecule has 0 aliphatic heterocycles. The molecule has 1 aromatic carbocycles. The minimum absolute atomic E-state index is 0.0648. The van der Waals surface area contributed by atoms with Crippen molar-refractivity contribution in [3.8, 4) is 0 Å². The second kappa shape index (κ2) is 7.05. The third-order valence-electron chi connectivity index (χ3n) is 3.31. The van der Waals surface area contributed by atoms with Crippen LogP contribution in [0.1, 0.15) is 31.7 Å². The van der Waals surface area contributed by atoms with Crippen LogP contribution in [0.5, 0.6) is 0 Å². The molecule has 0 fully saturated rings.